The molecule has 1 fully saturated rings. The minimum atomic E-state index is -1.13. The van der Waals surface area contributed by atoms with Gasteiger partial charge >= 0.3 is 0 Å². The van der Waals surface area contributed by atoms with Gasteiger partial charge in [-0.15, -0.1) is 0 Å². The summed E-state index contributed by atoms with van der Waals surface area (Å²) in [5.41, 5.74) is 2.67. The van der Waals surface area contributed by atoms with Crippen LogP contribution >= 0.6 is 0 Å². The van der Waals surface area contributed by atoms with Crippen molar-refractivity contribution in [2.75, 3.05) is 12.4 Å². The number of aryl methyl sites for hydroxylation is 1. The monoisotopic (exact) mass is 501 g/mol. The zero-order valence-corrected chi connectivity index (χ0v) is 21.5. The Hall–Kier alpha value is -4.14. The summed E-state index contributed by atoms with van der Waals surface area (Å²) in [6.07, 6.45) is 3.11. The Kier molecular flexibility index (Phi) is 6.23. The quantitative estimate of drug-likeness (QED) is 0.516. The highest BCUT2D eigenvalue weighted by atomic mass is 16.5. The fourth-order valence-corrected chi connectivity index (χ4v) is 5.00. The number of nitrogens with zero attached hydrogens (tertiary/aromatic N) is 3. The van der Waals surface area contributed by atoms with Crippen molar-refractivity contribution in [3.8, 4) is 5.75 Å². The molecule has 5 rings (SSSR count). The van der Waals surface area contributed by atoms with Crippen molar-refractivity contribution in [2.45, 2.75) is 58.3 Å². The van der Waals surface area contributed by atoms with Crippen LogP contribution in [0.25, 0.3) is 0 Å². The van der Waals surface area contributed by atoms with E-state index in [2.05, 4.69) is 15.6 Å². The van der Waals surface area contributed by atoms with Crippen LogP contribution in [-0.2, 0) is 17.9 Å². The average molecular weight is 502 g/mol. The lowest BCUT2D eigenvalue weighted by molar-refractivity contribution is -0.133. The van der Waals surface area contributed by atoms with Gasteiger partial charge < -0.3 is 24.8 Å². The summed E-state index contributed by atoms with van der Waals surface area (Å²) < 4.78 is 7.02. The van der Waals surface area contributed by atoms with E-state index >= 15 is 0 Å². The number of rotatable bonds is 7. The van der Waals surface area contributed by atoms with Crippen molar-refractivity contribution in [3.05, 3.63) is 76.9 Å². The number of ether oxygens (including phenoxy) is 1. The van der Waals surface area contributed by atoms with Gasteiger partial charge in [-0.05, 0) is 56.9 Å². The van der Waals surface area contributed by atoms with Gasteiger partial charge in [0.25, 0.3) is 11.8 Å². The van der Waals surface area contributed by atoms with Crippen LogP contribution in [0, 0.1) is 13.8 Å². The Morgan fingerprint density at radius 3 is 2.62 bits per heavy atom. The number of imidazole rings is 1. The molecular weight excluding hydrogens is 470 g/mol. The molecular formula is C28H31N5O4. The van der Waals surface area contributed by atoms with Crippen molar-refractivity contribution in [1.29, 1.82) is 0 Å². The Labute approximate surface area is 215 Å². The van der Waals surface area contributed by atoms with Crippen LogP contribution in [0.3, 0.4) is 0 Å². The maximum absolute atomic E-state index is 13.8. The molecule has 0 bridgehead atoms. The molecule has 0 saturated heterocycles. The number of para-hydroxylation sites is 1. The smallest absolute Gasteiger partial charge is 0.276 e. The topological polar surface area (TPSA) is 106 Å². The number of hydrogen-bond donors (Lipinski definition) is 2. The molecule has 3 amide bonds. The Balaban J connectivity index is 1.41. The van der Waals surface area contributed by atoms with Gasteiger partial charge in [-0.2, -0.15) is 0 Å². The number of nitrogens with one attached hydrogen (secondary N) is 2. The molecule has 1 aliphatic carbocycles. The molecule has 1 atom stereocenters. The first-order valence-electron chi connectivity index (χ1n) is 12.4. The van der Waals surface area contributed by atoms with Crippen molar-refractivity contribution < 1.29 is 19.1 Å². The lowest BCUT2D eigenvalue weighted by atomic mass is 9.93. The predicted molar refractivity (Wildman–Crippen MR) is 139 cm³/mol. The summed E-state index contributed by atoms with van der Waals surface area (Å²) in [4.78, 5) is 46.6. The van der Waals surface area contributed by atoms with E-state index in [0.29, 0.717) is 11.4 Å². The summed E-state index contributed by atoms with van der Waals surface area (Å²) in [6, 6.07) is 13.1. The molecule has 2 aliphatic rings. The molecule has 1 aliphatic heterocycles. The Morgan fingerprint density at radius 2 is 1.89 bits per heavy atom. The minimum Gasteiger partial charge on any atom is -0.496 e. The van der Waals surface area contributed by atoms with E-state index in [9.17, 15) is 14.4 Å². The molecule has 37 heavy (non-hydrogen) atoms. The van der Waals surface area contributed by atoms with Crippen molar-refractivity contribution in [1.82, 2.24) is 19.8 Å². The highest BCUT2D eigenvalue weighted by Gasteiger charge is 2.53. The second kappa shape index (κ2) is 9.38. The third kappa shape index (κ3) is 4.34. The number of benzene rings is 2. The molecule has 3 aromatic rings. The number of fused-ring (bicyclic) bond motifs is 1. The summed E-state index contributed by atoms with van der Waals surface area (Å²) >= 11 is 0. The van der Waals surface area contributed by atoms with Crippen LogP contribution in [0.5, 0.6) is 5.75 Å². The van der Waals surface area contributed by atoms with E-state index in [4.69, 9.17) is 4.74 Å². The van der Waals surface area contributed by atoms with E-state index in [-0.39, 0.29) is 42.3 Å². The van der Waals surface area contributed by atoms with Gasteiger partial charge in [0.05, 0.1) is 20.0 Å². The third-order valence-corrected chi connectivity index (χ3v) is 7.37. The first kappa shape index (κ1) is 24.5. The number of amides is 3. The molecule has 192 valence electrons. The SMILES string of the molecule is COc1ccccc1CNC(=O)[C@@]1(C)Cn2cnc(C(=O)Nc3cccc(C)c3C)c2C(=O)N1C1CC1. The normalized spacial score (nSPS) is 18.8. The molecule has 1 saturated carbocycles. The van der Waals surface area contributed by atoms with E-state index in [1.807, 2.05) is 56.3 Å². The second-order valence-corrected chi connectivity index (χ2v) is 9.95. The largest absolute Gasteiger partial charge is 0.496 e. The Morgan fingerprint density at radius 1 is 1.14 bits per heavy atom. The highest BCUT2D eigenvalue weighted by molar-refractivity contribution is 6.12. The standard InChI is InChI=1S/C28H31N5O4/c1-17-8-7-10-21(18(17)2)31-25(34)23-24-26(35)33(20-12-13-20)28(3,15-32(24)16-30-23)27(36)29-14-19-9-5-6-11-22(19)37-4/h5-11,16,20H,12-15H2,1-4H3,(H,29,36)(H,31,34)/t28-/m1/s1. The molecule has 2 N–H and O–H groups in total. The first-order valence-corrected chi connectivity index (χ1v) is 12.4. The fraction of sp³-hybridized carbons (Fsp3) is 0.357. The van der Waals surface area contributed by atoms with Crippen LogP contribution < -0.4 is 15.4 Å². The minimum absolute atomic E-state index is 0.0481. The van der Waals surface area contributed by atoms with Gasteiger partial charge in [0.1, 0.15) is 17.0 Å². The molecule has 1 aromatic heterocycles. The van der Waals surface area contributed by atoms with Crippen LogP contribution in [0.15, 0.2) is 48.8 Å². The van der Waals surface area contributed by atoms with Gasteiger partial charge in [0.15, 0.2) is 5.69 Å². The van der Waals surface area contributed by atoms with Gasteiger partial charge in [-0.1, -0.05) is 30.3 Å². The van der Waals surface area contributed by atoms with Crippen molar-refractivity contribution in [2.24, 2.45) is 0 Å². The maximum atomic E-state index is 13.8. The summed E-state index contributed by atoms with van der Waals surface area (Å²) in [5.74, 6) is -0.384. The van der Waals surface area contributed by atoms with Gasteiger partial charge in [-0.25, -0.2) is 4.98 Å². The van der Waals surface area contributed by atoms with E-state index in [1.54, 1.807) is 23.5 Å². The van der Waals surface area contributed by atoms with E-state index in [0.717, 1.165) is 29.5 Å². The van der Waals surface area contributed by atoms with Crippen LogP contribution in [-0.4, -0.2) is 50.9 Å². The van der Waals surface area contributed by atoms with Crippen molar-refractivity contribution >= 4 is 23.4 Å². The van der Waals surface area contributed by atoms with Gasteiger partial charge in [0.2, 0.25) is 5.91 Å². The average Bonchev–Trinajstić information content (AvgIpc) is 3.62. The number of hydrogen-bond acceptors (Lipinski definition) is 5. The molecule has 0 radical (unpaired) electrons. The number of methoxy groups -OCH3 is 1. The van der Waals surface area contributed by atoms with Crippen LogP contribution in [0.4, 0.5) is 5.69 Å². The molecule has 9 heteroatoms. The maximum Gasteiger partial charge on any atom is 0.276 e. The lowest BCUT2D eigenvalue weighted by Gasteiger charge is -2.44. The van der Waals surface area contributed by atoms with Crippen molar-refractivity contribution in [3.63, 3.8) is 0 Å². The zero-order chi connectivity index (χ0) is 26.3. The van der Waals surface area contributed by atoms with Crippen LogP contribution in [0.1, 0.15) is 57.4 Å². The third-order valence-electron chi connectivity index (χ3n) is 7.37. The second-order valence-electron chi connectivity index (χ2n) is 9.95. The highest BCUT2D eigenvalue weighted by Crippen LogP contribution is 2.39. The Bertz CT molecular complexity index is 1390. The predicted octanol–water partition coefficient (Wildman–Crippen LogP) is 3.45. The number of carbonyl (C=O) groups excluding carboxylic acids is 3. The number of carbonyl (C=O) groups is 3. The van der Waals surface area contributed by atoms with E-state index in [1.165, 1.54) is 6.33 Å². The summed E-state index contributed by atoms with van der Waals surface area (Å²) in [7, 11) is 1.59. The molecule has 9 nitrogen and oxygen atoms in total. The summed E-state index contributed by atoms with van der Waals surface area (Å²) in [6.45, 7) is 6.15. The number of aromatic nitrogens is 2. The van der Waals surface area contributed by atoms with Gasteiger partial charge in [-0.3, -0.25) is 14.4 Å². The molecule has 2 heterocycles. The fourth-order valence-electron chi connectivity index (χ4n) is 5.00. The number of anilines is 1. The van der Waals surface area contributed by atoms with Crippen LogP contribution in [0.2, 0.25) is 0 Å². The molecule has 2 aromatic carbocycles. The van der Waals surface area contributed by atoms with E-state index < -0.39 is 11.4 Å². The first-order chi connectivity index (χ1) is 17.7. The lowest BCUT2D eigenvalue weighted by Crippen LogP contribution is -2.64. The van der Waals surface area contributed by atoms with Gasteiger partial charge in [0, 0.05) is 23.8 Å². The molecule has 0 unspecified atom stereocenters. The zero-order valence-electron chi connectivity index (χ0n) is 21.5. The summed E-state index contributed by atoms with van der Waals surface area (Å²) in [5, 5.41) is 5.90. The molecule has 0 spiro atoms.